The van der Waals surface area contributed by atoms with Crippen molar-refractivity contribution in [3.63, 3.8) is 0 Å². The van der Waals surface area contributed by atoms with E-state index < -0.39 is 0 Å². The van der Waals surface area contributed by atoms with Crippen LogP contribution in [0.15, 0.2) is 60.0 Å². The van der Waals surface area contributed by atoms with Crippen LogP contribution in [0.4, 0.5) is 5.69 Å². The first-order valence-electron chi connectivity index (χ1n) is 7.62. The Labute approximate surface area is 145 Å². The Morgan fingerprint density at radius 3 is 2.71 bits per heavy atom. The molecule has 24 heavy (non-hydrogen) atoms. The highest BCUT2D eigenvalue weighted by molar-refractivity contribution is 7.09. The number of rotatable bonds is 7. The highest BCUT2D eigenvalue weighted by atomic mass is 32.1. The van der Waals surface area contributed by atoms with Gasteiger partial charge in [-0.25, -0.2) is 4.98 Å². The van der Waals surface area contributed by atoms with Crippen molar-refractivity contribution < 1.29 is 9.53 Å². The van der Waals surface area contributed by atoms with Gasteiger partial charge in [-0.2, -0.15) is 0 Å². The van der Waals surface area contributed by atoms with Crippen LogP contribution >= 0.6 is 11.3 Å². The standard InChI is InChI=1S/C19H18N2O2S/c1-23-12-18-21-17(13-24-18)11-20-16-9-5-8-15(10-16)19(22)14-6-3-2-4-7-14/h2-10,13,20H,11-12H2,1H3. The molecule has 0 atom stereocenters. The van der Waals surface area contributed by atoms with Crippen molar-refractivity contribution in [1.82, 2.24) is 4.98 Å². The van der Waals surface area contributed by atoms with Gasteiger partial charge in [0.2, 0.25) is 0 Å². The van der Waals surface area contributed by atoms with Crippen LogP contribution < -0.4 is 5.32 Å². The lowest BCUT2D eigenvalue weighted by Crippen LogP contribution is -2.04. The fourth-order valence-corrected chi connectivity index (χ4v) is 3.10. The highest BCUT2D eigenvalue weighted by Crippen LogP contribution is 2.17. The molecule has 0 spiro atoms. The van der Waals surface area contributed by atoms with Crippen LogP contribution in [0.3, 0.4) is 0 Å². The van der Waals surface area contributed by atoms with E-state index in [2.05, 4.69) is 10.3 Å². The lowest BCUT2D eigenvalue weighted by atomic mass is 10.0. The number of benzene rings is 2. The van der Waals surface area contributed by atoms with E-state index in [9.17, 15) is 4.79 Å². The van der Waals surface area contributed by atoms with Gasteiger partial charge in [0.05, 0.1) is 18.8 Å². The zero-order chi connectivity index (χ0) is 16.8. The average Bonchev–Trinajstić information content (AvgIpc) is 3.08. The number of aromatic nitrogens is 1. The predicted octanol–water partition coefficient (Wildman–Crippen LogP) is 4.13. The highest BCUT2D eigenvalue weighted by Gasteiger charge is 2.09. The molecule has 0 unspecified atom stereocenters. The molecule has 1 heterocycles. The molecule has 1 aromatic heterocycles. The summed E-state index contributed by atoms with van der Waals surface area (Å²) in [6, 6.07) is 16.8. The van der Waals surface area contributed by atoms with Gasteiger partial charge in [-0.3, -0.25) is 4.79 Å². The first-order valence-corrected chi connectivity index (χ1v) is 8.50. The molecule has 0 aliphatic heterocycles. The summed E-state index contributed by atoms with van der Waals surface area (Å²) in [7, 11) is 1.66. The van der Waals surface area contributed by atoms with Gasteiger partial charge in [-0.1, -0.05) is 42.5 Å². The number of thiazole rings is 1. The molecule has 5 heteroatoms. The SMILES string of the molecule is COCc1nc(CNc2cccc(C(=O)c3ccccc3)c2)cs1. The molecular weight excluding hydrogens is 320 g/mol. The number of carbonyl (C=O) groups excluding carboxylic acids is 1. The van der Waals surface area contributed by atoms with Gasteiger partial charge in [-0.15, -0.1) is 11.3 Å². The minimum absolute atomic E-state index is 0.0234. The van der Waals surface area contributed by atoms with E-state index in [1.165, 1.54) is 0 Å². The number of ketones is 1. The molecule has 2 aromatic carbocycles. The molecule has 3 rings (SSSR count). The van der Waals surface area contributed by atoms with Gasteiger partial charge in [0.25, 0.3) is 0 Å². The van der Waals surface area contributed by atoms with E-state index in [1.807, 2.05) is 60.0 Å². The van der Waals surface area contributed by atoms with Crippen molar-refractivity contribution in [3.05, 3.63) is 81.8 Å². The number of nitrogens with one attached hydrogen (secondary N) is 1. The maximum absolute atomic E-state index is 12.5. The van der Waals surface area contributed by atoms with Crippen molar-refractivity contribution >= 4 is 22.8 Å². The van der Waals surface area contributed by atoms with E-state index >= 15 is 0 Å². The number of hydrogen-bond acceptors (Lipinski definition) is 5. The fraction of sp³-hybridized carbons (Fsp3) is 0.158. The lowest BCUT2D eigenvalue weighted by Gasteiger charge is -2.07. The van der Waals surface area contributed by atoms with E-state index in [-0.39, 0.29) is 5.78 Å². The third-order valence-corrected chi connectivity index (χ3v) is 4.37. The molecule has 3 aromatic rings. The molecule has 0 fully saturated rings. The van der Waals surface area contributed by atoms with Gasteiger partial charge in [0.15, 0.2) is 5.78 Å². The van der Waals surface area contributed by atoms with E-state index in [0.29, 0.717) is 24.3 Å². The van der Waals surface area contributed by atoms with Crippen LogP contribution in [0.5, 0.6) is 0 Å². The smallest absolute Gasteiger partial charge is 0.193 e. The Morgan fingerprint density at radius 1 is 1.12 bits per heavy atom. The zero-order valence-corrected chi connectivity index (χ0v) is 14.2. The van der Waals surface area contributed by atoms with Gasteiger partial charge < -0.3 is 10.1 Å². The molecule has 0 amide bonds. The molecular formula is C19H18N2O2S. The van der Waals surface area contributed by atoms with Crippen LogP contribution in [0.25, 0.3) is 0 Å². The summed E-state index contributed by atoms with van der Waals surface area (Å²) in [4.78, 5) is 17.0. The van der Waals surface area contributed by atoms with Crippen molar-refractivity contribution in [3.8, 4) is 0 Å². The molecule has 0 aliphatic rings. The Morgan fingerprint density at radius 2 is 1.92 bits per heavy atom. The second kappa shape index (κ2) is 7.86. The second-order valence-corrected chi connectivity index (χ2v) is 6.24. The lowest BCUT2D eigenvalue weighted by molar-refractivity contribution is 0.103. The topological polar surface area (TPSA) is 51.2 Å². The quantitative estimate of drug-likeness (QED) is 0.658. The minimum atomic E-state index is 0.0234. The number of hydrogen-bond donors (Lipinski definition) is 1. The zero-order valence-electron chi connectivity index (χ0n) is 13.4. The molecule has 122 valence electrons. The molecule has 0 bridgehead atoms. The minimum Gasteiger partial charge on any atom is -0.379 e. The normalized spacial score (nSPS) is 10.5. The van der Waals surface area contributed by atoms with Crippen molar-refractivity contribution in [2.24, 2.45) is 0 Å². The van der Waals surface area contributed by atoms with Crippen LogP contribution in [-0.2, 0) is 17.9 Å². The Hall–Kier alpha value is -2.50. The van der Waals surface area contributed by atoms with E-state index in [4.69, 9.17) is 4.74 Å². The first-order chi connectivity index (χ1) is 11.8. The number of ether oxygens (including phenoxy) is 1. The van der Waals surface area contributed by atoms with Crippen LogP contribution in [0, 0.1) is 0 Å². The average molecular weight is 338 g/mol. The van der Waals surface area contributed by atoms with Crippen molar-refractivity contribution in [1.29, 1.82) is 0 Å². The van der Waals surface area contributed by atoms with E-state index in [0.717, 1.165) is 16.4 Å². The maximum Gasteiger partial charge on any atom is 0.193 e. The van der Waals surface area contributed by atoms with Gasteiger partial charge in [-0.05, 0) is 12.1 Å². The third-order valence-electron chi connectivity index (χ3n) is 3.50. The van der Waals surface area contributed by atoms with E-state index in [1.54, 1.807) is 18.4 Å². The fourth-order valence-electron chi connectivity index (χ4n) is 2.34. The molecule has 0 saturated carbocycles. The van der Waals surface area contributed by atoms with Crippen LogP contribution in [-0.4, -0.2) is 17.9 Å². The van der Waals surface area contributed by atoms with Gasteiger partial charge >= 0.3 is 0 Å². The molecule has 0 aliphatic carbocycles. The summed E-state index contributed by atoms with van der Waals surface area (Å²) in [5.74, 6) is 0.0234. The summed E-state index contributed by atoms with van der Waals surface area (Å²) < 4.78 is 5.08. The van der Waals surface area contributed by atoms with Gasteiger partial charge in [0, 0.05) is 29.3 Å². The van der Waals surface area contributed by atoms with Crippen molar-refractivity contribution in [2.45, 2.75) is 13.2 Å². The summed E-state index contributed by atoms with van der Waals surface area (Å²) in [5, 5.41) is 6.29. The number of nitrogens with zero attached hydrogens (tertiary/aromatic N) is 1. The summed E-state index contributed by atoms with van der Waals surface area (Å²) in [6.07, 6.45) is 0. The molecule has 4 nitrogen and oxygen atoms in total. The largest absolute Gasteiger partial charge is 0.379 e. The first kappa shape index (κ1) is 16.4. The summed E-state index contributed by atoms with van der Waals surface area (Å²) in [5.41, 5.74) is 3.23. The van der Waals surface area contributed by atoms with Crippen molar-refractivity contribution in [2.75, 3.05) is 12.4 Å². The summed E-state index contributed by atoms with van der Waals surface area (Å²) >= 11 is 1.58. The Bertz CT molecular complexity index is 815. The predicted molar refractivity (Wildman–Crippen MR) is 96.5 cm³/mol. The number of carbonyl (C=O) groups is 1. The third kappa shape index (κ3) is 4.07. The second-order valence-electron chi connectivity index (χ2n) is 5.30. The maximum atomic E-state index is 12.5. The molecule has 1 N–H and O–H groups in total. The Kier molecular flexibility index (Phi) is 5.36. The Balaban J connectivity index is 1.67. The summed E-state index contributed by atoms with van der Waals surface area (Å²) in [6.45, 7) is 1.15. The number of methoxy groups -OCH3 is 1. The monoisotopic (exact) mass is 338 g/mol. The van der Waals surface area contributed by atoms with Gasteiger partial charge in [0.1, 0.15) is 5.01 Å². The number of anilines is 1. The van der Waals surface area contributed by atoms with Crippen LogP contribution in [0.1, 0.15) is 26.6 Å². The molecule has 0 saturated heterocycles. The van der Waals surface area contributed by atoms with Crippen LogP contribution in [0.2, 0.25) is 0 Å². The molecule has 0 radical (unpaired) electrons.